The lowest BCUT2D eigenvalue weighted by atomic mass is 9.83. The number of piperidine rings is 1. The van der Waals surface area contributed by atoms with Crippen LogP contribution in [0.5, 0.6) is 5.75 Å². The molecule has 0 unspecified atom stereocenters. The first-order valence-electron chi connectivity index (χ1n) is 9.16. The fraction of sp³-hybridized carbons (Fsp3) is 0.476. The maximum Gasteiger partial charge on any atom is 0.118 e. The van der Waals surface area contributed by atoms with Gasteiger partial charge < -0.3 is 9.47 Å². The highest BCUT2D eigenvalue weighted by Gasteiger charge is 2.42. The summed E-state index contributed by atoms with van der Waals surface area (Å²) in [6.07, 6.45) is 7.22. The first-order valence-corrected chi connectivity index (χ1v) is 9.16. The highest BCUT2D eigenvalue weighted by atomic mass is 16.5. The third-order valence-electron chi connectivity index (χ3n) is 5.70. The van der Waals surface area contributed by atoms with Gasteiger partial charge in [-0.15, -0.1) is 0 Å². The van der Waals surface area contributed by atoms with Gasteiger partial charge >= 0.3 is 0 Å². The van der Waals surface area contributed by atoms with Crippen molar-refractivity contribution in [3.05, 3.63) is 59.9 Å². The minimum atomic E-state index is 0.0803. The van der Waals surface area contributed by atoms with Gasteiger partial charge in [-0.2, -0.15) is 0 Å². The number of ether oxygens (including phenoxy) is 2. The Bertz CT molecular complexity index is 679. The fourth-order valence-corrected chi connectivity index (χ4v) is 4.13. The Balaban J connectivity index is 1.32. The third kappa shape index (κ3) is 3.70. The summed E-state index contributed by atoms with van der Waals surface area (Å²) >= 11 is 0. The Morgan fingerprint density at radius 1 is 1.20 bits per heavy atom. The molecule has 0 N–H and O–H groups in total. The topological polar surface area (TPSA) is 34.6 Å². The van der Waals surface area contributed by atoms with Crippen LogP contribution in [0.4, 0.5) is 0 Å². The lowest BCUT2D eigenvalue weighted by molar-refractivity contribution is -0.0448. The molecular weight excluding hydrogens is 312 g/mol. The van der Waals surface area contributed by atoms with Crippen molar-refractivity contribution in [2.24, 2.45) is 0 Å². The highest BCUT2D eigenvalue weighted by Crippen LogP contribution is 2.42. The van der Waals surface area contributed by atoms with E-state index >= 15 is 0 Å². The summed E-state index contributed by atoms with van der Waals surface area (Å²) in [4.78, 5) is 6.80. The SMILES string of the molecule is COc1ccc(CN2CCC3(CC2)C[C@H](c2cccnc2)CO3)cc1. The van der Waals surface area contributed by atoms with E-state index in [1.54, 1.807) is 7.11 Å². The highest BCUT2D eigenvalue weighted by molar-refractivity contribution is 5.27. The monoisotopic (exact) mass is 338 g/mol. The molecule has 0 bridgehead atoms. The average Bonchev–Trinajstić information content (AvgIpc) is 3.09. The third-order valence-corrected chi connectivity index (χ3v) is 5.70. The minimum absolute atomic E-state index is 0.0803. The van der Waals surface area contributed by atoms with Crippen molar-refractivity contribution >= 4 is 0 Å². The van der Waals surface area contributed by atoms with Gasteiger partial charge in [0, 0.05) is 37.9 Å². The molecule has 4 rings (SSSR count). The molecule has 2 aliphatic heterocycles. The standard InChI is InChI=1S/C21H26N2O2/c1-24-20-6-4-17(5-7-20)15-23-11-8-21(9-12-23)13-19(16-25-21)18-3-2-10-22-14-18/h2-7,10,14,19H,8-9,11-13,15-16H2,1H3/t19-/m0/s1. The van der Waals surface area contributed by atoms with Crippen molar-refractivity contribution in [3.8, 4) is 5.75 Å². The Hall–Kier alpha value is -1.91. The molecule has 0 amide bonds. The quantitative estimate of drug-likeness (QED) is 0.853. The van der Waals surface area contributed by atoms with E-state index in [1.807, 2.05) is 30.6 Å². The van der Waals surface area contributed by atoms with Gasteiger partial charge in [0.25, 0.3) is 0 Å². The predicted molar refractivity (Wildman–Crippen MR) is 97.8 cm³/mol. The van der Waals surface area contributed by atoms with Gasteiger partial charge in [0.05, 0.1) is 19.3 Å². The lowest BCUT2D eigenvalue weighted by Gasteiger charge is -2.38. The number of hydrogen-bond donors (Lipinski definition) is 0. The van der Waals surface area contributed by atoms with Crippen LogP contribution in [0.2, 0.25) is 0 Å². The molecular formula is C21H26N2O2. The molecule has 0 saturated carbocycles. The Morgan fingerprint density at radius 3 is 2.68 bits per heavy atom. The van der Waals surface area contributed by atoms with Crippen molar-refractivity contribution in [1.29, 1.82) is 0 Å². The van der Waals surface area contributed by atoms with Gasteiger partial charge in [-0.25, -0.2) is 0 Å². The number of likely N-dealkylation sites (tertiary alicyclic amines) is 1. The van der Waals surface area contributed by atoms with Crippen LogP contribution in [0.3, 0.4) is 0 Å². The van der Waals surface area contributed by atoms with Gasteiger partial charge in [0.15, 0.2) is 0 Å². The second-order valence-electron chi connectivity index (χ2n) is 7.31. The normalized spacial score (nSPS) is 23.0. The summed E-state index contributed by atoms with van der Waals surface area (Å²) < 4.78 is 11.5. The van der Waals surface area contributed by atoms with Crippen LogP contribution in [0.15, 0.2) is 48.8 Å². The van der Waals surface area contributed by atoms with Crippen molar-refractivity contribution in [1.82, 2.24) is 9.88 Å². The molecule has 2 aromatic rings. The molecule has 132 valence electrons. The largest absolute Gasteiger partial charge is 0.497 e. The number of rotatable bonds is 4. The van der Waals surface area contributed by atoms with Crippen LogP contribution >= 0.6 is 0 Å². The Labute approximate surface area is 149 Å². The molecule has 4 heteroatoms. The molecule has 1 aromatic heterocycles. The number of benzene rings is 1. The summed E-state index contributed by atoms with van der Waals surface area (Å²) in [6.45, 7) is 4.05. The summed E-state index contributed by atoms with van der Waals surface area (Å²) in [6, 6.07) is 12.6. The fourth-order valence-electron chi connectivity index (χ4n) is 4.13. The molecule has 1 atom stereocenters. The van der Waals surface area contributed by atoms with Gasteiger partial charge in [-0.3, -0.25) is 9.88 Å². The zero-order valence-corrected chi connectivity index (χ0v) is 14.9. The van der Waals surface area contributed by atoms with Crippen molar-refractivity contribution < 1.29 is 9.47 Å². The van der Waals surface area contributed by atoms with Crippen LogP contribution in [-0.2, 0) is 11.3 Å². The predicted octanol–water partition coefficient (Wildman–Crippen LogP) is 3.63. The Morgan fingerprint density at radius 2 is 2.00 bits per heavy atom. The van der Waals surface area contributed by atoms with E-state index in [9.17, 15) is 0 Å². The molecule has 4 nitrogen and oxygen atoms in total. The molecule has 2 fully saturated rings. The first kappa shape index (κ1) is 16.6. The van der Waals surface area contributed by atoms with E-state index in [1.165, 1.54) is 11.1 Å². The van der Waals surface area contributed by atoms with E-state index in [4.69, 9.17) is 9.47 Å². The molecule has 0 aliphatic carbocycles. The zero-order chi connectivity index (χ0) is 17.1. The van der Waals surface area contributed by atoms with Gasteiger partial charge in [-0.05, 0) is 48.6 Å². The second kappa shape index (κ2) is 7.14. The smallest absolute Gasteiger partial charge is 0.118 e. The second-order valence-corrected chi connectivity index (χ2v) is 7.31. The van der Waals surface area contributed by atoms with Crippen LogP contribution in [-0.4, -0.2) is 42.3 Å². The summed E-state index contributed by atoms with van der Waals surface area (Å²) in [7, 11) is 1.71. The molecule has 2 aliphatic rings. The van der Waals surface area contributed by atoms with E-state index in [2.05, 4.69) is 28.1 Å². The van der Waals surface area contributed by atoms with Crippen molar-refractivity contribution in [3.63, 3.8) is 0 Å². The number of aromatic nitrogens is 1. The van der Waals surface area contributed by atoms with Crippen LogP contribution in [0, 0.1) is 0 Å². The first-order chi connectivity index (χ1) is 12.3. The Kier molecular flexibility index (Phi) is 4.73. The van der Waals surface area contributed by atoms with E-state index in [0.29, 0.717) is 5.92 Å². The average molecular weight is 338 g/mol. The van der Waals surface area contributed by atoms with Gasteiger partial charge in [-0.1, -0.05) is 18.2 Å². The van der Waals surface area contributed by atoms with Crippen molar-refractivity contribution in [2.75, 3.05) is 26.8 Å². The number of pyridine rings is 1. The number of methoxy groups -OCH3 is 1. The van der Waals surface area contributed by atoms with Crippen LogP contribution in [0.25, 0.3) is 0 Å². The van der Waals surface area contributed by atoms with E-state index < -0.39 is 0 Å². The number of hydrogen-bond acceptors (Lipinski definition) is 4. The van der Waals surface area contributed by atoms with Crippen LogP contribution < -0.4 is 4.74 Å². The molecule has 3 heterocycles. The van der Waals surface area contributed by atoms with E-state index in [-0.39, 0.29) is 5.60 Å². The molecule has 1 aromatic carbocycles. The lowest BCUT2D eigenvalue weighted by Crippen LogP contribution is -2.43. The maximum absolute atomic E-state index is 6.31. The van der Waals surface area contributed by atoms with Gasteiger partial charge in [0.1, 0.15) is 5.75 Å². The van der Waals surface area contributed by atoms with Gasteiger partial charge in [0.2, 0.25) is 0 Å². The summed E-state index contributed by atoms with van der Waals surface area (Å²) in [5.41, 5.74) is 2.74. The zero-order valence-electron chi connectivity index (χ0n) is 14.9. The molecule has 2 saturated heterocycles. The molecule has 1 spiro atoms. The summed E-state index contributed by atoms with van der Waals surface area (Å²) in [5, 5.41) is 0. The van der Waals surface area contributed by atoms with Crippen molar-refractivity contribution in [2.45, 2.75) is 37.3 Å². The minimum Gasteiger partial charge on any atom is -0.497 e. The van der Waals surface area contributed by atoms with Crippen LogP contribution in [0.1, 0.15) is 36.3 Å². The van der Waals surface area contributed by atoms with E-state index in [0.717, 1.165) is 51.3 Å². The number of nitrogens with zero attached hydrogens (tertiary/aromatic N) is 2. The molecule has 0 radical (unpaired) electrons. The summed E-state index contributed by atoms with van der Waals surface area (Å²) in [5.74, 6) is 1.42. The molecule has 25 heavy (non-hydrogen) atoms. The maximum atomic E-state index is 6.31.